The summed E-state index contributed by atoms with van der Waals surface area (Å²) in [4.78, 5) is 17.3. The number of ether oxygens (including phenoxy) is 2. The number of piperidine rings is 1. The molecule has 0 spiro atoms. The average molecular weight is 494 g/mol. The van der Waals surface area contributed by atoms with E-state index in [9.17, 15) is 13.2 Å². The number of piperazine rings is 1. The maximum atomic E-state index is 13.1. The van der Waals surface area contributed by atoms with Gasteiger partial charge in [-0.05, 0) is 48.6 Å². The third kappa shape index (κ3) is 5.87. The van der Waals surface area contributed by atoms with Gasteiger partial charge < -0.3 is 14.4 Å². The molecule has 2 aliphatic heterocycles. The molecule has 0 N–H and O–H groups in total. The lowest BCUT2D eigenvalue weighted by atomic mass is 9.98. The minimum atomic E-state index is -3.51. The Labute approximate surface area is 199 Å². The van der Waals surface area contributed by atoms with Crippen LogP contribution in [0.5, 0.6) is 11.5 Å². The van der Waals surface area contributed by atoms with Crippen LogP contribution in [0.1, 0.15) is 12.8 Å². The molecule has 180 valence electrons. The normalized spacial score (nSPS) is 20.5. The maximum absolute atomic E-state index is 13.1. The Balaban J connectivity index is 1.22. The van der Waals surface area contributed by atoms with Gasteiger partial charge in [0.1, 0.15) is 22.3 Å². The predicted molar refractivity (Wildman–Crippen MR) is 127 cm³/mol. The molecule has 2 aromatic rings. The highest BCUT2D eigenvalue weighted by Gasteiger charge is 2.36. The number of thiophene rings is 1. The predicted octanol–water partition coefficient (Wildman–Crippen LogP) is 2.38. The van der Waals surface area contributed by atoms with Crippen LogP contribution in [0.3, 0.4) is 0 Å². The third-order valence-corrected chi connectivity index (χ3v) is 9.48. The molecule has 0 saturated carbocycles. The molecule has 0 unspecified atom stereocenters. The molecule has 2 aliphatic rings. The van der Waals surface area contributed by atoms with Crippen molar-refractivity contribution in [3.63, 3.8) is 0 Å². The molecule has 4 rings (SSSR count). The van der Waals surface area contributed by atoms with Crippen molar-refractivity contribution in [2.45, 2.75) is 17.1 Å². The largest absolute Gasteiger partial charge is 0.497 e. The molecule has 1 amide bonds. The van der Waals surface area contributed by atoms with Crippen molar-refractivity contribution >= 4 is 27.3 Å². The first-order valence-electron chi connectivity index (χ1n) is 11.3. The van der Waals surface area contributed by atoms with Gasteiger partial charge in [0.25, 0.3) is 10.0 Å². The van der Waals surface area contributed by atoms with Gasteiger partial charge in [0.15, 0.2) is 0 Å². The topological polar surface area (TPSA) is 79.4 Å². The van der Waals surface area contributed by atoms with Gasteiger partial charge in [0, 0.05) is 45.8 Å². The van der Waals surface area contributed by atoms with Crippen LogP contribution < -0.4 is 9.47 Å². The molecule has 2 saturated heterocycles. The van der Waals surface area contributed by atoms with E-state index >= 15 is 0 Å². The molecular formula is C23H31N3O5S2. The Kier molecular flexibility index (Phi) is 7.90. The van der Waals surface area contributed by atoms with E-state index in [-0.39, 0.29) is 18.4 Å². The Morgan fingerprint density at radius 3 is 2.45 bits per heavy atom. The first-order valence-corrected chi connectivity index (χ1v) is 13.6. The standard InChI is InChI=1S/C23H31N3O5S2/c1-30-20-6-8-21(9-7-20)31-16-15-24-11-13-25(14-12-24)23(27)19-4-2-10-26(18-19)33(28,29)22-5-3-17-32-22/h3,5-9,17,19H,2,4,10-16,18H2,1H3/t19-/m0/s1. The quantitative estimate of drug-likeness (QED) is 0.562. The number of benzene rings is 1. The number of nitrogens with zero attached hydrogens (tertiary/aromatic N) is 3. The molecule has 2 fully saturated rings. The highest BCUT2D eigenvalue weighted by atomic mass is 32.2. The molecule has 10 heteroatoms. The molecule has 1 atom stereocenters. The summed E-state index contributed by atoms with van der Waals surface area (Å²) < 4.78 is 38.5. The number of sulfonamides is 1. The van der Waals surface area contributed by atoms with Crippen LogP contribution >= 0.6 is 11.3 Å². The van der Waals surface area contributed by atoms with Crippen LogP contribution in [-0.4, -0.2) is 88.0 Å². The van der Waals surface area contributed by atoms with Gasteiger partial charge in [-0.3, -0.25) is 9.69 Å². The second-order valence-electron chi connectivity index (χ2n) is 8.33. The Bertz CT molecular complexity index is 1000. The highest BCUT2D eigenvalue weighted by Crippen LogP contribution is 2.27. The van der Waals surface area contributed by atoms with E-state index in [1.54, 1.807) is 24.6 Å². The molecule has 8 nitrogen and oxygen atoms in total. The Hall–Kier alpha value is -2.14. The number of hydrogen-bond donors (Lipinski definition) is 0. The van der Waals surface area contributed by atoms with Gasteiger partial charge in [-0.25, -0.2) is 8.42 Å². The van der Waals surface area contributed by atoms with E-state index in [1.165, 1.54) is 15.6 Å². The van der Waals surface area contributed by atoms with E-state index in [0.717, 1.165) is 37.6 Å². The summed E-state index contributed by atoms with van der Waals surface area (Å²) in [7, 11) is -1.87. The number of hydrogen-bond acceptors (Lipinski definition) is 7. The molecule has 33 heavy (non-hydrogen) atoms. The fourth-order valence-electron chi connectivity index (χ4n) is 4.31. The lowest BCUT2D eigenvalue weighted by Gasteiger charge is -2.38. The van der Waals surface area contributed by atoms with Crippen LogP contribution in [0, 0.1) is 5.92 Å². The van der Waals surface area contributed by atoms with Gasteiger partial charge in [-0.1, -0.05) is 6.07 Å². The van der Waals surface area contributed by atoms with Crippen LogP contribution in [-0.2, 0) is 14.8 Å². The molecule has 0 radical (unpaired) electrons. The van der Waals surface area contributed by atoms with Gasteiger partial charge in [-0.15, -0.1) is 11.3 Å². The van der Waals surface area contributed by atoms with Gasteiger partial charge in [0.05, 0.1) is 13.0 Å². The summed E-state index contributed by atoms with van der Waals surface area (Å²) in [5.74, 6) is 1.42. The summed E-state index contributed by atoms with van der Waals surface area (Å²) in [6.07, 6.45) is 1.45. The number of amides is 1. The second kappa shape index (κ2) is 10.9. The number of methoxy groups -OCH3 is 1. The van der Waals surface area contributed by atoms with E-state index in [1.807, 2.05) is 29.2 Å². The van der Waals surface area contributed by atoms with Crippen LogP contribution in [0.2, 0.25) is 0 Å². The smallest absolute Gasteiger partial charge is 0.252 e. The monoisotopic (exact) mass is 493 g/mol. The minimum Gasteiger partial charge on any atom is -0.497 e. The van der Waals surface area contributed by atoms with E-state index in [2.05, 4.69) is 4.90 Å². The molecule has 1 aromatic heterocycles. The first kappa shape index (κ1) is 24.0. The fraction of sp³-hybridized carbons (Fsp3) is 0.522. The van der Waals surface area contributed by atoms with Crippen molar-refractivity contribution in [3.05, 3.63) is 41.8 Å². The van der Waals surface area contributed by atoms with Crippen LogP contribution in [0.4, 0.5) is 0 Å². The van der Waals surface area contributed by atoms with Gasteiger partial charge >= 0.3 is 0 Å². The fourth-order valence-corrected chi connectivity index (χ4v) is 6.98. The van der Waals surface area contributed by atoms with Gasteiger partial charge in [-0.2, -0.15) is 4.31 Å². The SMILES string of the molecule is COc1ccc(OCCN2CCN(C(=O)[C@H]3CCCN(S(=O)(=O)c4cccs4)C3)CC2)cc1. The van der Waals surface area contributed by atoms with Gasteiger partial charge in [0.2, 0.25) is 5.91 Å². The zero-order valence-electron chi connectivity index (χ0n) is 18.9. The third-order valence-electron chi connectivity index (χ3n) is 6.24. The molecule has 0 aliphatic carbocycles. The first-order chi connectivity index (χ1) is 16.0. The number of carbonyl (C=O) groups excluding carboxylic acids is 1. The highest BCUT2D eigenvalue weighted by molar-refractivity contribution is 7.91. The number of carbonyl (C=O) groups is 1. The lowest BCUT2D eigenvalue weighted by molar-refractivity contribution is -0.138. The molecule has 0 bridgehead atoms. The molecular weight excluding hydrogens is 462 g/mol. The zero-order chi connectivity index (χ0) is 23.3. The van der Waals surface area contributed by atoms with Crippen LogP contribution in [0.25, 0.3) is 0 Å². The maximum Gasteiger partial charge on any atom is 0.252 e. The summed E-state index contributed by atoms with van der Waals surface area (Å²) in [6.45, 7) is 5.04. The van der Waals surface area contributed by atoms with Crippen molar-refractivity contribution in [3.8, 4) is 11.5 Å². The minimum absolute atomic E-state index is 0.0789. The van der Waals surface area contributed by atoms with Crippen molar-refractivity contribution < 1.29 is 22.7 Å². The Morgan fingerprint density at radius 2 is 1.79 bits per heavy atom. The van der Waals surface area contributed by atoms with E-state index < -0.39 is 10.0 Å². The average Bonchev–Trinajstić information content (AvgIpc) is 3.41. The zero-order valence-corrected chi connectivity index (χ0v) is 20.5. The van der Waals surface area contributed by atoms with Crippen LogP contribution in [0.15, 0.2) is 46.0 Å². The van der Waals surface area contributed by atoms with E-state index in [0.29, 0.717) is 36.9 Å². The summed E-state index contributed by atoms with van der Waals surface area (Å²) in [6, 6.07) is 10.9. The second-order valence-corrected chi connectivity index (χ2v) is 11.4. The van der Waals surface area contributed by atoms with Crippen molar-refractivity contribution in [2.75, 3.05) is 59.5 Å². The molecule has 3 heterocycles. The lowest BCUT2D eigenvalue weighted by Crippen LogP contribution is -2.53. The van der Waals surface area contributed by atoms with Crippen molar-refractivity contribution in [1.82, 2.24) is 14.1 Å². The summed E-state index contributed by atoms with van der Waals surface area (Å²) >= 11 is 1.22. The number of rotatable bonds is 8. The Morgan fingerprint density at radius 1 is 1.06 bits per heavy atom. The summed E-state index contributed by atoms with van der Waals surface area (Å²) in [5, 5.41) is 1.76. The summed E-state index contributed by atoms with van der Waals surface area (Å²) in [5.41, 5.74) is 0. The van der Waals surface area contributed by atoms with Crippen molar-refractivity contribution in [1.29, 1.82) is 0 Å². The molecule has 1 aromatic carbocycles. The van der Waals surface area contributed by atoms with Crippen molar-refractivity contribution in [2.24, 2.45) is 5.92 Å². The van der Waals surface area contributed by atoms with E-state index in [4.69, 9.17) is 9.47 Å².